The van der Waals surface area contributed by atoms with Crippen molar-refractivity contribution in [2.24, 2.45) is 13.0 Å². The first-order valence-electron chi connectivity index (χ1n) is 9.62. The first-order chi connectivity index (χ1) is 13.8. The second-order valence-electron chi connectivity index (χ2n) is 7.41. The minimum Gasteiger partial charge on any atom is -0.490 e. The highest BCUT2D eigenvalue weighted by atomic mass is 19.4. The zero-order valence-corrected chi connectivity index (χ0v) is 16.0. The summed E-state index contributed by atoms with van der Waals surface area (Å²) >= 11 is 0. The normalized spacial score (nSPS) is 19.7. The average molecular weight is 409 g/mol. The molecule has 4 rings (SSSR count). The van der Waals surface area contributed by atoms with Gasteiger partial charge in [-0.05, 0) is 31.0 Å². The van der Waals surface area contributed by atoms with Crippen molar-refractivity contribution in [2.75, 3.05) is 26.3 Å². The van der Waals surface area contributed by atoms with Crippen LogP contribution in [-0.4, -0.2) is 53.1 Å². The number of rotatable bonds is 2. The fraction of sp³-hybridized carbons (Fsp3) is 0.500. The van der Waals surface area contributed by atoms with Crippen LogP contribution in [0.3, 0.4) is 0 Å². The molecule has 9 heteroatoms. The van der Waals surface area contributed by atoms with Crippen LogP contribution < -0.4 is 9.47 Å². The predicted molar refractivity (Wildman–Crippen MR) is 98.9 cm³/mol. The summed E-state index contributed by atoms with van der Waals surface area (Å²) in [5, 5.41) is 4.39. The summed E-state index contributed by atoms with van der Waals surface area (Å²) < 4.78 is 52.3. The SMILES string of the molecule is Cn1cc(C(=O)N2CCCC(C(F)(F)F)C2)c(-c2ccc3c(c2)OCCCO3)n1. The summed E-state index contributed by atoms with van der Waals surface area (Å²) in [5.74, 6) is -0.731. The van der Waals surface area contributed by atoms with E-state index < -0.39 is 18.0 Å². The van der Waals surface area contributed by atoms with Crippen LogP contribution in [0, 0.1) is 5.92 Å². The van der Waals surface area contributed by atoms with E-state index in [1.807, 2.05) is 0 Å². The van der Waals surface area contributed by atoms with Crippen LogP contribution >= 0.6 is 0 Å². The topological polar surface area (TPSA) is 56.6 Å². The largest absolute Gasteiger partial charge is 0.490 e. The molecule has 1 atom stereocenters. The lowest BCUT2D eigenvalue weighted by Gasteiger charge is -2.33. The molecule has 2 aliphatic rings. The number of aromatic nitrogens is 2. The lowest BCUT2D eigenvalue weighted by atomic mass is 9.96. The zero-order chi connectivity index (χ0) is 20.6. The standard InChI is InChI=1S/C20H22F3N3O3/c1-25-12-15(19(27)26-7-2-4-14(11-26)20(21,22)23)18(24-25)13-5-6-16-17(10-13)29-9-3-8-28-16/h5-6,10,12,14H,2-4,7-9,11H2,1H3. The van der Waals surface area contributed by atoms with Gasteiger partial charge in [0.15, 0.2) is 11.5 Å². The van der Waals surface area contributed by atoms with Gasteiger partial charge in [0.2, 0.25) is 0 Å². The third-order valence-corrected chi connectivity index (χ3v) is 5.25. The molecule has 1 unspecified atom stereocenters. The molecular weight excluding hydrogens is 387 g/mol. The molecular formula is C20H22F3N3O3. The number of halogens is 3. The van der Waals surface area contributed by atoms with Gasteiger partial charge >= 0.3 is 6.18 Å². The maximum Gasteiger partial charge on any atom is 0.393 e. The molecule has 1 amide bonds. The van der Waals surface area contributed by atoms with Gasteiger partial charge in [0, 0.05) is 38.3 Å². The van der Waals surface area contributed by atoms with Crippen molar-refractivity contribution in [3.05, 3.63) is 30.0 Å². The van der Waals surface area contributed by atoms with E-state index in [0.29, 0.717) is 48.9 Å². The Balaban J connectivity index is 1.63. The van der Waals surface area contributed by atoms with Gasteiger partial charge in [0.1, 0.15) is 5.69 Å². The Morgan fingerprint density at radius 3 is 2.69 bits per heavy atom. The van der Waals surface area contributed by atoms with E-state index in [0.717, 1.165) is 6.42 Å². The van der Waals surface area contributed by atoms with E-state index in [9.17, 15) is 18.0 Å². The molecule has 0 bridgehead atoms. The molecule has 0 radical (unpaired) electrons. The number of piperidine rings is 1. The molecule has 2 aliphatic heterocycles. The minimum absolute atomic E-state index is 0.0509. The number of amides is 1. The summed E-state index contributed by atoms with van der Waals surface area (Å²) in [4.78, 5) is 14.4. The van der Waals surface area contributed by atoms with Crippen LogP contribution in [0.25, 0.3) is 11.3 Å². The second kappa shape index (κ2) is 7.61. The number of carbonyl (C=O) groups is 1. The van der Waals surface area contributed by atoms with Crippen molar-refractivity contribution in [3.8, 4) is 22.8 Å². The predicted octanol–water partition coefficient (Wildman–Crippen LogP) is 3.66. The lowest BCUT2D eigenvalue weighted by molar-refractivity contribution is -0.184. The number of hydrogen-bond donors (Lipinski definition) is 0. The number of carbonyl (C=O) groups excluding carboxylic acids is 1. The van der Waals surface area contributed by atoms with Crippen molar-refractivity contribution >= 4 is 5.91 Å². The average Bonchev–Trinajstić information content (AvgIpc) is 2.93. The van der Waals surface area contributed by atoms with Gasteiger partial charge in [0.25, 0.3) is 5.91 Å². The quantitative estimate of drug-likeness (QED) is 0.760. The Bertz CT molecular complexity index is 910. The van der Waals surface area contributed by atoms with Crippen LogP contribution in [-0.2, 0) is 7.05 Å². The third kappa shape index (κ3) is 4.04. The van der Waals surface area contributed by atoms with E-state index in [1.165, 1.54) is 9.58 Å². The number of likely N-dealkylation sites (tertiary alicyclic amines) is 1. The molecule has 156 valence electrons. The molecule has 3 heterocycles. The molecule has 0 N–H and O–H groups in total. The molecule has 0 spiro atoms. The van der Waals surface area contributed by atoms with Crippen molar-refractivity contribution in [3.63, 3.8) is 0 Å². The van der Waals surface area contributed by atoms with Gasteiger partial charge in [-0.25, -0.2) is 0 Å². The molecule has 6 nitrogen and oxygen atoms in total. The Hall–Kier alpha value is -2.71. The molecule has 1 saturated heterocycles. The van der Waals surface area contributed by atoms with Crippen molar-refractivity contribution in [1.29, 1.82) is 0 Å². The van der Waals surface area contributed by atoms with Crippen LogP contribution in [0.5, 0.6) is 11.5 Å². The highest BCUT2D eigenvalue weighted by Crippen LogP contribution is 2.36. The molecule has 29 heavy (non-hydrogen) atoms. The maximum absolute atomic E-state index is 13.1. The number of nitrogens with zero attached hydrogens (tertiary/aromatic N) is 3. The maximum atomic E-state index is 13.1. The van der Waals surface area contributed by atoms with Gasteiger partial charge < -0.3 is 14.4 Å². The summed E-state index contributed by atoms with van der Waals surface area (Å²) in [6, 6.07) is 5.30. The van der Waals surface area contributed by atoms with Crippen LogP contribution in [0.1, 0.15) is 29.6 Å². The third-order valence-electron chi connectivity index (χ3n) is 5.25. The number of aryl methyl sites for hydroxylation is 1. The summed E-state index contributed by atoms with van der Waals surface area (Å²) in [6.45, 7) is 1.07. The van der Waals surface area contributed by atoms with Gasteiger partial charge in [-0.2, -0.15) is 18.3 Å². The van der Waals surface area contributed by atoms with Crippen LogP contribution in [0.15, 0.2) is 24.4 Å². The molecule has 1 aromatic heterocycles. The highest BCUT2D eigenvalue weighted by Gasteiger charge is 2.43. The summed E-state index contributed by atoms with van der Waals surface area (Å²) in [7, 11) is 1.68. The first kappa shape index (κ1) is 19.6. The van der Waals surface area contributed by atoms with Crippen molar-refractivity contribution in [1.82, 2.24) is 14.7 Å². The Kier molecular flexibility index (Phi) is 5.14. The smallest absolute Gasteiger partial charge is 0.393 e. The molecule has 2 aromatic rings. The van der Waals surface area contributed by atoms with Crippen molar-refractivity contribution < 1.29 is 27.4 Å². The first-order valence-corrected chi connectivity index (χ1v) is 9.62. The zero-order valence-electron chi connectivity index (χ0n) is 16.0. The number of alkyl halides is 3. The van der Waals surface area contributed by atoms with Crippen LogP contribution in [0.2, 0.25) is 0 Å². The summed E-state index contributed by atoms with van der Waals surface area (Å²) in [6.07, 6.45) is -1.60. The Morgan fingerprint density at radius 1 is 1.17 bits per heavy atom. The van der Waals surface area contributed by atoms with Crippen LogP contribution in [0.4, 0.5) is 13.2 Å². The Labute approximate surface area is 166 Å². The highest BCUT2D eigenvalue weighted by molar-refractivity contribution is 6.00. The van der Waals surface area contributed by atoms with E-state index in [1.54, 1.807) is 31.4 Å². The van der Waals surface area contributed by atoms with Gasteiger partial charge in [0.05, 0.1) is 24.7 Å². The van der Waals surface area contributed by atoms with E-state index in [-0.39, 0.29) is 18.5 Å². The lowest BCUT2D eigenvalue weighted by Crippen LogP contribution is -2.44. The number of hydrogen-bond acceptors (Lipinski definition) is 4. The number of ether oxygens (including phenoxy) is 2. The molecule has 1 aromatic carbocycles. The van der Waals surface area contributed by atoms with Crippen molar-refractivity contribution in [2.45, 2.75) is 25.4 Å². The number of benzene rings is 1. The minimum atomic E-state index is -4.30. The number of fused-ring (bicyclic) bond motifs is 1. The van der Waals surface area contributed by atoms with E-state index in [2.05, 4.69) is 5.10 Å². The monoisotopic (exact) mass is 409 g/mol. The fourth-order valence-corrected chi connectivity index (χ4v) is 3.77. The van der Waals surface area contributed by atoms with Gasteiger partial charge in [-0.3, -0.25) is 9.48 Å². The second-order valence-corrected chi connectivity index (χ2v) is 7.41. The summed E-state index contributed by atoms with van der Waals surface area (Å²) in [5.41, 5.74) is 1.36. The fourth-order valence-electron chi connectivity index (χ4n) is 3.77. The molecule has 0 aliphatic carbocycles. The molecule has 1 fully saturated rings. The van der Waals surface area contributed by atoms with E-state index >= 15 is 0 Å². The molecule has 0 saturated carbocycles. The van der Waals surface area contributed by atoms with Gasteiger partial charge in [-0.1, -0.05) is 0 Å². The van der Waals surface area contributed by atoms with E-state index in [4.69, 9.17) is 9.47 Å². The Morgan fingerprint density at radius 2 is 1.93 bits per heavy atom. The van der Waals surface area contributed by atoms with Gasteiger partial charge in [-0.15, -0.1) is 0 Å².